The molecular formula is C40H33N. The number of benzene rings is 3. The summed E-state index contributed by atoms with van der Waals surface area (Å²) in [7, 11) is 0. The van der Waals surface area contributed by atoms with Crippen LogP contribution in [0, 0.1) is 11.3 Å². The molecule has 1 fully saturated rings. The molecule has 3 atom stereocenters. The fourth-order valence-electron chi connectivity index (χ4n) is 7.46. The molecule has 0 aromatic heterocycles. The molecule has 1 heteroatoms. The summed E-state index contributed by atoms with van der Waals surface area (Å²) in [6.45, 7) is 0. The van der Waals surface area contributed by atoms with Gasteiger partial charge in [0.05, 0.1) is 5.70 Å². The van der Waals surface area contributed by atoms with Gasteiger partial charge in [0.15, 0.2) is 0 Å². The van der Waals surface area contributed by atoms with E-state index in [2.05, 4.69) is 127 Å². The molecule has 0 bridgehead atoms. The molecule has 198 valence electrons. The van der Waals surface area contributed by atoms with Crippen LogP contribution in [0.4, 0.5) is 0 Å². The van der Waals surface area contributed by atoms with Crippen LogP contribution in [-0.4, -0.2) is 5.71 Å². The Kier molecular flexibility index (Phi) is 5.87. The van der Waals surface area contributed by atoms with E-state index in [9.17, 15) is 0 Å². The lowest BCUT2D eigenvalue weighted by Gasteiger charge is -2.29. The minimum Gasteiger partial charge on any atom is -0.252 e. The average molecular weight is 528 g/mol. The van der Waals surface area contributed by atoms with Gasteiger partial charge in [0.25, 0.3) is 0 Å². The average Bonchev–Trinajstić information content (AvgIpc) is 3.84. The second-order valence-electron chi connectivity index (χ2n) is 12.0. The molecule has 0 radical (unpaired) electrons. The second kappa shape index (κ2) is 9.88. The Morgan fingerprint density at radius 2 is 1.78 bits per heavy atom. The van der Waals surface area contributed by atoms with Gasteiger partial charge >= 0.3 is 0 Å². The first-order valence-electron chi connectivity index (χ1n) is 15.0. The number of hydrogen-bond donors (Lipinski definition) is 0. The normalized spacial score (nSPS) is 25.9. The van der Waals surface area contributed by atoms with Crippen molar-refractivity contribution in [3.05, 3.63) is 160 Å². The summed E-state index contributed by atoms with van der Waals surface area (Å²) < 4.78 is 0. The number of nitrogens with zero attached hydrogens (tertiary/aromatic N) is 1. The topological polar surface area (TPSA) is 12.4 Å². The Hall–Kier alpha value is -4.45. The summed E-state index contributed by atoms with van der Waals surface area (Å²) in [5.41, 5.74) is 14.1. The monoisotopic (exact) mass is 527 g/mol. The maximum absolute atomic E-state index is 5.52. The molecule has 4 aliphatic carbocycles. The van der Waals surface area contributed by atoms with Crippen molar-refractivity contribution in [3.63, 3.8) is 0 Å². The van der Waals surface area contributed by atoms with Crippen molar-refractivity contribution in [3.8, 4) is 0 Å². The molecule has 41 heavy (non-hydrogen) atoms. The zero-order valence-corrected chi connectivity index (χ0v) is 23.3. The lowest BCUT2D eigenvalue weighted by Crippen LogP contribution is -2.23. The predicted octanol–water partition coefficient (Wildman–Crippen LogP) is 10.1. The second-order valence-corrected chi connectivity index (χ2v) is 12.0. The molecule has 5 aliphatic rings. The van der Waals surface area contributed by atoms with E-state index in [4.69, 9.17) is 4.99 Å². The largest absolute Gasteiger partial charge is 0.252 e. The van der Waals surface area contributed by atoms with Crippen molar-refractivity contribution >= 4 is 28.6 Å². The summed E-state index contributed by atoms with van der Waals surface area (Å²) in [6, 6.07) is 22.1. The van der Waals surface area contributed by atoms with Crippen molar-refractivity contribution in [1.29, 1.82) is 0 Å². The van der Waals surface area contributed by atoms with E-state index >= 15 is 0 Å². The lowest BCUT2D eigenvalue weighted by atomic mass is 9.77. The first-order chi connectivity index (χ1) is 20.3. The Morgan fingerprint density at radius 3 is 2.73 bits per heavy atom. The van der Waals surface area contributed by atoms with E-state index in [1.54, 1.807) is 5.57 Å². The summed E-state index contributed by atoms with van der Waals surface area (Å²) in [5, 5.41) is 2.59. The number of rotatable bonds is 4. The summed E-state index contributed by atoms with van der Waals surface area (Å²) >= 11 is 0. The van der Waals surface area contributed by atoms with Crippen LogP contribution in [0.5, 0.6) is 0 Å². The van der Waals surface area contributed by atoms with Crippen molar-refractivity contribution in [2.45, 2.75) is 38.0 Å². The molecule has 8 rings (SSSR count). The third-order valence-electron chi connectivity index (χ3n) is 9.67. The molecule has 0 spiro atoms. The fourth-order valence-corrected chi connectivity index (χ4v) is 7.46. The third kappa shape index (κ3) is 4.21. The Bertz CT molecular complexity index is 1850. The Labute approximate surface area is 242 Å². The minimum absolute atomic E-state index is 0.186. The van der Waals surface area contributed by atoms with E-state index in [1.165, 1.54) is 50.0 Å². The number of aliphatic imine (C=N–C) groups is 1. The highest BCUT2D eigenvalue weighted by atomic mass is 14.8. The van der Waals surface area contributed by atoms with Crippen molar-refractivity contribution in [1.82, 2.24) is 0 Å². The zero-order valence-electron chi connectivity index (χ0n) is 23.3. The smallest absolute Gasteiger partial charge is 0.0700 e. The number of allylic oxidation sites excluding steroid dienone is 10. The van der Waals surface area contributed by atoms with Crippen LogP contribution in [-0.2, 0) is 0 Å². The van der Waals surface area contributed by atoms with Crippen LogP contribution >= 0.6 is 0 Å². The first-order valence-corrected chi connectivity index (χ1v) is 15.0. The van der Waals surface area contributed by atoms with Crippen molar-refractivity contribution in [2.24, 2.45) is 16.3 Å². The van der Waals surface area contributed by atoms with Crippen LogP contribution in [0.2, 0.25) is 0 Å². The molecule has 3 aromatic rings. The standard InChI is InChI=1S/C40H33N/c1-3-12-28-15-10-22-34(33(28)20-6-1)30-14-9-17-31(25-24-30)39-37-26-40(37,32-18-4-2-5-19-32)27-38(41-39)36-23-11-16-29-13-7-8-21-35(29)36/h1-5,7-8,10-13,15-18,20-25,30,32H,9,14,19,26-27H2. The van der Waals surface area contributed by atoms with Gasteiger partial charge in [0.1, 0.15) is 0 Å². The summed E-state index contributed by atoms with van der Waals surface area (Å²) in [6.07, 6.45) is 30.3. The fraction of sp³-hybridized carbons (Fsp3) is 0.200. The van der Waals surface area contributed by atoms with Gasteiger partial charge in [-0.05, 0) is 82.4 Å². The van der Waals surface area contributed by atoms with E-state index in [0.29, 0.717) is 11.8 Å². The van der Waals surface area contributed by atoms with Gasteiger partial charge in [-0.3, -0.25) is 4.99 Å². The van der Waals surface area contributed by atoms with Gasteiger partial charge < -0.3 is 0 Å². The molecule has 1 nitrogen and oxygen atoms in total. The van der Waals surface area contributed by atoms with Crippen molar-refractivity contribution in [2.75, 3.05) is 0 Å². The maximum atomic E-state index is 5.52. The maximum Gasteiger partial charge on any atom is 0.0700 e. The first kappa shape index (κ1) is 24.4. The van der Waals surface area contributed by atoms with Crippen LogP contribution in [0.1, 0.15) is 60.3 Å². The van der Waals surface area contributed by atoms with Gasteiger partial charge in [-0.2, -0.15) is 0 Å². The highest BCUT2D eigenvalue weighted by Gasteiger charge is 2.57. The highest BCUT2D eigenvalue weighted by Crippen LogP contribution is 2.66. The molecule has 1 aliphatic heterocycles. The summed E-state index contributed by atoms with van der Waals surface area (Å²) in [5.74, 6) is 0.906. The quantitative estimate of drug-likeness (QED) is 0.299. The molecule has 0 N–H and O–H groups in total. The Balaban J connectivity index is 1.20. The van der Waals surface area contributed by atoms with E-state index < -0.39 is 0 Å². The molecule has 1 heterocycles. The molecular weight excluding hydrogens is 494 g/mol. The molecule has 0 saturated heterocycles. The predicted molar refractivity (Wildman–Crippen MR) is 173 cm³/mol. The molecule has 3 unspecified atom stereocenters. The van der Waals surface area contributed by atoms with Gasteiger partial charge in [-0.15, -0.1) is 5.73 Å². The summed E-state index contributed by atoms with van der Waals surface area (Å²) in [4.78, 5) is 5.52. The van der Waals surface area contributed by atoms with Gasteiger partial charge in [0, 0.05) is 29.0 Å². The minimum atomic E-state index is 0.186. The van der Waals surface area contributed by atoms with E-state index in [0.717, 1.165) is 32.1 Å². The molecule has 3 aromatic carbocycles. The van der Waals surface area contributed by atoms with Gasteiger partial charge in [0.2, 0.25) is 0 Å². The third-order valence-corrected chi connectivity index (χ3v) is 9.67. The SMILES string of the molecule is C1=CC=Cc2cccc(C3C=CC(C4=C5CC5(C5C=CC=CC5)CC(c5cccc6ccccc56)=N4)=CCC3)c2C=1. The van der Waals surface area contributed by atoms with Gasteiger partial charge in [-0.1, -0.05) is 115 Å². The van der Waals surface area contributed by atoms with Crippen LogP contribution < -0.4 is 0 Å². The molecule has 1 saturated carbocycles. The number of fused-ring (bicyclic) bond motifs is 3. The van der Waals surface area contributed by atoms with Crippen LogP contribution in [0.25, 0.3) is 22.9 Å². The van der Waals surface area contributed by atoms with Crippen molar-refractivity contribution < 1.29 is 0 Å². The zero-order chi connectivity index (χ0) is 27.2. The number of hydrogen-bond acceptors (Lipinski definition) is 1. The van der Waals surface area contributed by atoms with Crippen LogP contribution in [0.3, 0.4) is 0 Å². The molecule has 0 amide bonds. The lowest BCUT2D eigenvalue weighted by molar-refractivity contribution is 0.401. The van der Waals surface area contributed by atoms with Gasteiger partial charge in [-0.25, -0.2) is 0 Å². The highest BCUT2D eigenvalue weighted by molar-refractivity contribution is 6.12. The van der Waals surface area contributed by atoms with Crippen LogP contribution in [0.15, 0.2) is 143 Å². The van der Waals surface area contributed by atoms with E-state index in [-0.39, 0.29) is 5.41 Å². The van der Waals surface area contributed by atoms with E-state index in [1.807, 2.05) is 6.08 Å². The Morgan fingerprint density at radius 1 is 0.854 bits per heavy atom.